The van der Waals surface area contributed by atoms with Crippen molar-refractivity contribution >= 4 is 29.1 Å². The summed E-state index contributed by atoms with van der Waals surface area (Å²) >= 11 is 1.24. The molecule has 1 aliphatic heterocycles. The van der Waals surface area contributed by atoms with Crippen molar-refractivity contribution in [3.8, 4) is 11.5 Å². The van der Waals surface area contributed by atoms with E-state index in [1.54, 1.807) is 12.1 Å². The maximum absolute atomic E-state index is 12.0. The van der Waals surface area contributed by atoms with Crippen LogP contribution < -0.4 is 14.8 Å². The molecule has 114 valence electrons. The summed E-state index contributed by atoms with van der Waals surface area (Å²) in [5.74, 6) is 0.731. The number of thioether (sulfide) groups is 1. The Morgan fingerprint density at radius 1 is 1.36 bits per heavy atom. The lowest BCUT2D eigenvalue weighted by Crippen LogP contribution is -2.16. The number of ether oxygens (including phenoxy) is 2. The summed E-state index contributed by atoms with van der Waals surface area (Å²) in [7, 11) is 0. The second kappa shape index (κ2) is 6.06. The SMILES string of the molecule is CC(=O)c1cc2c(cc1NC(=O)CSc1cn[nH]n1)OCO2. The fourth-order valence-electron chi connectivity index (χ4n) is 1.92. The van der Waals surface area contributed by atoms with Gasteiger partial charge in [-0.1, -0.05) is 11.8 Å². The lowest BCUT2D eigenvalue weighted by molar-refractivity contribution is -0.113. The molecular weight excluding hydrogens is 308 g/mol. The van der Waals surface area contributed by atoms with Gasteiger partial charge in [0.1, 0.15) is 5.03 Å². The van der Waals surface area contributed by atoms with Crippen molar-refractivity contribution in [1.82, 2.24) is 15.4 Å². The summed E-state index contributed by atoms with van der Waals surface area (Å²) in [6.45, 7) is 1.53. The molecule has 0 aliphatic carbocycles. The molecule has 2 N–H and O–H groups in total. The molecule has 9 heteroatoms. The van der Waals surface area contributed by atoms with Gasteiger partial charge in [0.25, 0.3) is 0 Å². The summed E-state index contributed by atoms with van der Waals surface area (Å²) in [6.07, 6.45) is 1.53. The maximum Gasteiger partial charge on any atom is 0.234 e. The van der Waals surface area contributed by atoms with Crippen LogP contribution in [0.3, 0.4) is 0 Å². The van der Waals surface area contributed by atoms with E-state index in [2.05, 4.69) is 20.7 Å². The second-order valence-corrected chi connectivity index (χ2v) is 5.45. The van der Waals surface area contributed by atoms with Gasteiger partial charge in [0.05, 0.1) is 17.6 Å². The molecule has 0 radical (unpaired) electrons. The molecular formula is C13H12N4O4S. The number of ketones is 1. The molecule has 22 heavy (non-hydrogen) atoms. The van der Waals surface area contributed by atoms with Crippen molar-refractivity contribution in [2.45, 2.75) is 11.9 Å². The molecule has 0 fully saturated rings. The number of hydrogen-bond donors (Lipinski definition) is 2. The minimum Gasteiger partial charge on any atom is -0.454 e. The van der Waals surface area contributed by atoms with Crippen LogP contribution in [-0.2, 0) is 4.79 Å². The van der Waals surface area contributed by atoms with Crippen LogP contribution >= 0.6 is 11.8 Å². The van der Waals surface area contributed by atoms with E-state index in [9.17, 15) is 9.59 Å². The number of H-pyrrole nitrogens is 1. The van der Waals surface area contributed by atoms with E-state index in [0.717, 1.165) is 0 Å². The van der Waals surface area contributed by atoms with Crippen LogP contribution in [-0.4, -0.2) is 39.6 Å². The van der Waals surface area contributed by atoms with E-state index in [1.165, 1.54) is 24.9 Å². The van der Waals surface area contributed by atoms with Gasteiger partial charge < -0.3 is 14.8 Å². The molecule has 0 saturated carbocycles. The van der Waals surface area contributed by atoms with Gasteiger partial charge in [-0.2, -0.15) is 10.3 Å². The van der Waals surface area contributed by atoms with Crippen LogP contribution in [0.25, 0.3) is 0 Å². The average Bonchev–Trinajstić information content (AvgIpc) is 3.15. The van der Waals surface area contributed by atoms with Gasteiger partial charge >= 0.3 is 0 Å². The number of amides is 1. The molecule has 3 rings (SSSR count). The molecule has 2 heterocycles. The van der Waals surface area contributed by atoms with Crippen LogP contribution in [0.5, 0.6) is 11.5 Å². The smallest absolute Gasteiger partial charge is 0.234 e. The number of aromatic amines is 1. The number of rotatable bonds is 5. The standard InChI is InChI=1S/C13H12N4O4S/c1-7(18)8-2-10-11(21-6-20-10)3-9(8)15-12(19)5-22-13-4-14-17-16-13/h2-4H,5-6H2,1H3,(H,15,19)(H,14,16,17). The zero-order valence-corrected chi connectivity index (χ0v) is 12.4. The molecule has 1 aromatic carbocycles. The predicted molar refractivity (Wildman–Crippen MR) is 78.3 cm³/mol. The zero-order valence-electron chi connectivity index (χ0n) is 11.6. The van der Waals surface area contributed by atoms with Crippen LogP contribution in [0.1, 0.15) is 17.3 Å². The number of hydrogen-bond acceptors (Lipinski definition) is 7. The first-order valence-corrected chi connectivity index (χ1v) is 7.35. The van der Waals surface area contributed by atoms with Gasteiger partial charge in [0.15, 0.2) is 17.3 Å². The Bertz CT molecular complexity index is 717. The highest BCUT2D eigenvalue weighted by Gasteiger charge is 2.20. The molecule has 0 spiro atoms. The quantitative estimate of drug-likeness (QED) is 0.634. The molecule has 1 amide bonds. The Labute approximate surface area is 129 Å². The van der Waals surface area contributed by atoms with Crippen LogP contribution in [0.4, 0.5) is 5.69 Å². The Hall–Kier alpha value is -2.55. The van der Waals surface area contributed by atoms with E-state index < -0.39 is 0 Å². The van der Waals surface area contributed by atoms with E-state index >= 15 is 0 Å². The molecule has 0 saturated heterocycles. The number of nitrogens with zero attached hydrogens (tertiary/aromatic N) is 2. The zero-order chi connectivity index (χ0) is 15.5. The van der Waals surface area contributed by atoms with Crippen LogP contribution in [0, 0.1) is 0 Å². The normalized spacial score (nSPS) is 12.2. The van der Waals surface area contributed by atoms with E-state index in [1.807, 2.05) is 0 Å². The van der Waals surface area contributed by atoms with Crippen molar-refractivity contribution in [1.29, 1.82) is 0 Å². The van der Waals surface area contributed by atoms with Gasteiger partial charge in [-0.3, -0.25) is 9.59 Å². The summed E-state index contributed by atoms with van der Waals surface area (Å²) < 4.78 is 10.5. The highest BCUT2D eigenvalue weighted by atomic mass is 32.2. The first-order valence-electron chi connectivity index (χ1n) is 6.36. The number of fused-ring (bicyclic) bond motifs is 1. The summed E-state index contributed by atoms with van der Waals surface area (Å²) in [4.78, 5) is 23.7. The third-order valence-corrected chi connectivity index (χ3v) is 3.81. The summed E-state index contributed by atoms with van der Waals surface area (Å²) in [5.41, 5.74) is 0.784. The molecule has 2 aromatic rings. The number of carbonyl (C=O) groups excluding carboxylic acids is 2. The van der Waals surface area contributed by atoms with Crippen molar-refractivity contribution in [3.05, 3.63) is 23.9 Å². The predicted octanol–water partition coefficient (Wildman–Crippen LogP) is 1.47. The van der Waals surface area contributed by atoms with Gasteiger partial charge in [-0.15, -0.1) is 5.10 Å². The fourth-order valence-corrected chi connectivity index (χ4v) is 2.51. The monoisotopic (exact) mass is 320 g/mol. The maximum atomic E-state index is 12.0. The first-order chi connectivity index (χ1) is 10.6. The fraction of sp³-hybridized carbons (Fsp3) is 0.231. The number of Topliss-reactive ketones (excluding diaryl/α,β-unsaturated/α-hetero) is 1. The van der Waals surface area contributed by atoms with Crippen molar-refractivity contribution in [3.63, 3.8) is 0 Å². The number of benzene rings is 1. The van der Waals surface area contributed by atoms with Crippen LogP contribution in [0.2, 0.25) is 0 Å². The number of aromatic nitrogens is 3. The lowest BCUT2D eigenvalue weighted by Gasteiger charge is -2.10. The van der Waals surface area contributed by atoms with Crippen molar-refractivity contribution < 1.29 is 19.1 Å². The highest BCUT2D eigenvalue weighted by Crippen LogP contribution is 2.37. The summed E-state index contributed by atoms with van der Waals surface area (Å²) in [5, 5.41) is 13.3. The average molecular weight is 320 g/mol. The van der Waals surface area contributed by atoms with E-state index in [-0.39, 0.29) is 24.2 Å². The Morgan fingerprint density at radius 3 is 2.82 bits per heavy atom. The minimum absolute atomic E-state index is 0.103. The topological polar surface area (TPSA) is 106 Å². The molecule has 1 aromatic heterocycles. The minimum atomic E-state index is -0.255. The van der Waals surface area contributed by atoms with Gasteiger partial charge in [-0.05, 0) is 13.0 Å². The third-order valence-electron chi connectivity index (χ3n) is 2.91. The van der Waals surface area contributed by atoms with E-state index in [4.69, 9.17) is 9.47 Å². The lowest BCUT2D eigenvalue weighted by atomic mass is 10.1. The second-order valence-electron chi connectivity index (χ2n) is 4.45. The van der Waals surface area contributed by atoms with Crippen LogP contribution in [0.15, 0.2) is 23.4 Å². The third kappa shape index (κ3) is 3.03. The van der Waals surface area contributed by atoms with Crippen molar-refractivity contribution in [2.75, 3.05) is 17.9 Å². The molecule has 0 bridgehead atoms. The number of nitrogens with one attached hydrogen (secondary N) is 2. The molecule has 8 nitrogen and oxygen atoms in total. The molecule has 0 unspecified atom stereocenters. The number of carbonyl (C=O) groups is 2. The Morgan fingerprint density at radius 2 is 2.14 bits per heavy atom. The number of anilines is 1. The Kier molecular flexibility index (Phi) is 3.96. The Balaban J connectivity index is 1.73. The molecule has 0 atom stereocenters. The highest BCUT2D eigenvalue weighted by molar-refractivity contribution is 7.99. The van der Waals surface area contributed by atoms with E-state index in [0.29, 0.717) is 27.8 Å². The van der Waals surface area contributed by atoms with Gasteiger partial charge in [-0.25, -0.2) is 0 Å². The summed E-state index contributed by atoms with van der Waals surface area (Å²) in [6, 6.07) is 3.17. The molecule has 1 aliphatic rings. The first kappa shape index (κ1) is 14.4. The largest absolute Gasteiger partial charge is 0.454 e. The van der Waals surface area contributed by atoms with Gasteiger partial charge in [0, 0.05) is 11.6 Å². The van der Waals surface area contributed by atoms with Crippen molar-refractivity contribution in [2.24, 2.45) is 0 Å². The van der Waals surface area contributed by atoms with Gasteiger partial charge in [0.2, 0.25) is 12.7 Å².